The molecule has 4 fully saturated rings. The number of fused-ring (bicyclic) bond motifs is 1. The van der Waals surface area contributed by atoms with Crippen molar-refractivity contribution >= 4 is 20.0 Å². The van der Waals surface area contributed by atoms with Crippen LogP contribution < -0.4 is 0 Å². The van der Waals surface area contributed by atoms with E-state index in [9.17, 15) is 16.8 Å². The van der Waals surface area contributed by atoms with Crippen molar-refractivity contribution in [1.82, 2.24) is 8.61 Å². The molecule has 23 heavy (non-hydrogen) atoms. The van der Waals surface area contributed by atoms with Crippen molar-refractivity contribution in [2.45, 2.75) is 45.3 Å². The molecule has 2 atom stereocenters. The van der Waals surface area contributed by atoms with Crippen molar-refractivity contribution in [1.29, 1.82) is 0 Å². The summed E-state index contributed by atoms with van der Waals surface area (Å²) >= 11 is 0. The quantitative estimate of drug-likeness (QED) is 0.707. The Morgan fingerprint density at radius 3 is 2.30 bits per heavy atom. The van der Waals surface area contributed by atoms with Gasteiger partial charge in [0.05, 0.1) is 11.0 Å². The second-order valence-corrected chi connectivity index (χ2v) is 12.5. The largest absolute Gasteiger partial charge is 0.217 e. The zero-order valence-corrected chi connectivity index (χ0v) is 15.9. The molecule has 4 rings (SSSR count). The molecular formula is C15H28N2O4S2. The molecule has 6 nitrogen and oxygen atoms in total. The van der Waals surface area contributed by atoms with E-state index in [1.807, 2.05) is 13.8 Å². The van der Waals surface area contributed by atoms with Gasteiger partial charge in [-0.3, -0.25) is 0 Å². The third-order valence-corrected chi connectivity index (χ3v) is 9.75. The van der Waals surface area contributed by atoms with Crippen LogP contribution in [0, 0.1) is 17.3 Å². The van der Waals surface area contributed by atoms with Gasteiger partial charge in [-0.15, -0.1) is 0 Å². The maximum absolute atomic E-state index is 12.6. The monoisotopic (exact) mass is 364 g/mol. The van der Waals surface area contributed by atoms with E-state index in [-0.39, 0.29) is 22.3 Å². The molecule has 4 aliphatic rings. The summed E-state index contributed by atoms with van der Waals surface area (Å²) in [6, 6.07) is 0. The van der Waals surface area contributed by atoms with Crippen LogP contribution in [0.3, 0.4) is 0 Å². The summed E-state index contributed by atoms with van der Waals surface area (Å²) in [4.78, 5) is 0. The lowest BCUT2D eigenvalue weighted by Gasteiger charge is -2.39. The molecule has 134 valence electrons. The molecule has 0 aromatic rings. The minimum absolute atomic E-state index is 0.113. The lowest BCUT2D eigenvalue weighted by atomic mass is 9.75. The first-order valence-electron chi connectivity index (χ1n) is 8.51. The summed E-state index contributed by atoms with van der Waals surface area (Å²) in [5, 5.41) is -0.290. The molecule has 4 heterocycles. The molecule has 0 spiro atoms. The average molecular weight is 365 g/mol. The fourth-order valence-corrected chi connectivity index (χ4v) is 9.00. The summed E-state index contributed by atoms with van der Waals surface area (Å²) in [5.74, 6) is 0.829. The van der Waals surface area contributed by atoms with E-state index in [0.29, 0.717) is 44.9 Å². The Balaban J connectivity index is 1.58. The van der Waals surface area contributed by atoms with Gasteiger partial charge in [0.2, 0.25) is 20.0 Å². The molecule has 8 heteroatoms. The third-order valence-electron chi connectivity index (χ3n) is 5.40. The SMILES string of the molecule is CC(C)CN1CCC(C[C@H](C)CC23CN(C2)S(=O)(=O)C3)S1(=O)=O. The van der Waals surface area contributed by atoms with Gasteiger partial charge in [-0.2, -0.15) is 0 Å². The van der Waals surface area contributed by atoms with Crippen molar-refractivity contribution in [3.63, 3.8) is 0 Å². The Morgan fingerprint density at radius 2 is 1.78 bits per heavy atom. The zero-order valence-electron chi connectivity index (χ0n) is 14.2. The van der Waals surface area contributed by atoms with E-state index in [0.717, 1.165) is 6.42 Å². The Morgan fingerprint density at radius 1 is 1.13 bits per heavy atom. The first-order chi connectivity index (χ1) is 10.5. The molecule has 0 radical (unpaired) electrons. The fourth-order valence-electron chi connectivity index (χ4n) is 4.54. The highest BCUT2D eigenvalue weighted by Crippen LogP contribution is 2.47. The van der Waals surface area contributed by atoms with Crippen molar-refractivity contribution in [2.75, 3.05) is 31.9 Å². The van der Waals surface area contributed by atoms with Gasteiger partial charge in [-0.05, 0) is 31.1 Å². The van der Waals surface area contributed by atoms with E-state index in [1.54, 1.807) is 8.61 Å². The number of sulfonamides is 2. The normalized spacial score (nSPS) is 39.5. The van der Waals surface area contributed by atoms with Crippen molar-refractivity contribution < 1.29 is 16.8 Å². The van der Waals surface area contributed by atoms with Crippen molar-refractivity contribution in [3.8, 4) is 0 Å². The highest BCUT2D eigenvalue weighted by Gasteiger charge is 2.58. The third kappa shape index (κ3) is 3.19. The van der Waals surface area contributed by atoms with E-state index in [2.05, 4.69) is 6.92 Å². The van der Waals surface area contributed by atoms with E-state index >= 15 is 0 Å². The summed E-state index contributed by atoms with van der Waals surface area (Å²) < 4.78 is 52.0. The van der Waals surface area contributed by atoms with Gasteiger partial charge >= 0.3 is 0 Å². The molecular weight excluding hydrogens is 336 g/mol. The first kappa shape index (κ1) is 17.6. The Kier molecular flexibility index (Phi) is 4.35. The zero-order chi connectivity index (χ0) is 17.0. The van der Waals surface area contributed by atoms with Crippen LogP contribution in [0.4, 0.5) is 0 Å². The van der Waals surface area contributed by atoms with Gasteiger partial charge in [0, 0.05) is 31.6 Å². The number of hydrogen-bond donors (Lipinski definition) is 0. The Hall–Kier alpha value is -0.180. The van der Waals surface area contributed by atoms with Gasteiger partial charge in [0.15, 0.2) is 0 Å². The van der Waals surface area contributed by atoms with Crippen molar-refractivity contribution in [2.24, 2.45) is 17.3 Å². The molecule has 0 aromatic carbocycles. The summed E-state index contributed by atoms with van der Waals surface area (Å²) in [5.41, 5.74) is -0.113. The van der Waals surface area contributed by atoms with E-state index < -0.39 is 20.0 Å². The second kappa shape index (κ2) is 5.68. The average Bonchev–Trinajstić information content (AvgIpc) is 2.85. The minimum atomic E-state index is -3.18. The Labute approximate surface area is 140 Å². The van der Waals surface area contributed by atoms with Crippen LogP contribution in [0.15, 0.2) is 0 Å². The molecule has 1 unspecified atom stereocenters. The molecule has 4 saturated heterocycles. The van der Waals surface area contributed by atoms with Crippen LogP contribution in [0.25, 0.3) is 0 Å². The first-order valence-corrected chi connectivity index (χ1v) is 11.6. The van der Waals surface area contributed by atoms with E-state index in [1.165, 1.54) is 0 Å². The van der Waals surface area contributed by atoms with Crippen LogP contribution in [-0.4, -0.2) is 62.6 Å². The van der Waals surface area contributed by atoms with Gasteiger partial charge in [0.1, 0.15) is 0 Å². The van der Waals surface area contributed by atoms with Gasteiger partial charge in [0.25, 0.3) is 0 Å². The lowest BCUT2D eigenvalue weighted by Crippen LogP contribution is -2.48. The molecule has 0 aromatic heterocycles. The number of nitrogens with zero attached hydrogens (tertiary/aromatic N) is 2. The lowest BCUT2D eigenvalue weighted by molar-refractivity contribution is 0.100. The van der Waals surface area contributed by atoms with Crippen molar-refractivity contribution in [3.05, 3.63) is 0 Å². The summed E-state index contributed by atoms with van der Waals surface area (Å²) in [7, 11) is -6.20. The minimum Gasteiger partial charge on any atom is -0.212 e. The predicted molar refractivity (Wildman–Crippen MR) is 89.9 cm³/mol. The molecule has 4 aliphatic heterocycles. The van der Waals surface area contributed by atoms with Crippen LogP contribution in [-0.2, 0) is 20.0 Å². The van der Waals surface area contributed by atoms with E-state index in [4.69, 9.17) is 0 Å². The summed E-state index contributed by atoms with van der Waals surface area (Å²) in [6.07, 6.45) is 2.18. The van der Waals surface area contributed by atoms with Crippen LogP contribution in [0.5, 0.6) is 0 Å². The highest BCUT2D eigenvalue weighted by atomic mass is 32.2. The molecule has 0 saturated carbocycles. The van der Waals surface area contributed by atoms with Crippen LogP contribution in [0.2, 0.25) is 0 Å². The van der Waals surface area contributed by atoms with Crippen LogP contribution in [0.1, 0.15) is 40.0 Å². The number of hydrogen-bond acceptors (Lipinski definition) is 4. The topological polar surface area (TPSA) is 74.8 Å². The molecule has 0 aliphatic carbocycles. The second-order valence-electron chi connectivity index (χ2n) is 8.28. The molecule has 2 bridgehead atoms. The van der Waals surface area contributed by atoms with Gasteiger partial charge in [-0.25, -0.2) is 25.4 Å². The summed E-state index contributed by atoms with van der Waals surface area (Å²) in [6.45, 7) is 8.65. The Bertz CT molecular complexity index is 666. The smallest absolute Gasteiger partial charge is 0.212 e. The standard InChI is InChI=1S/C15H28N2O4S2/c1-12(2)8-16-5-4-14(23(16,20)21)6-13(3)7-15-9-17(10-15)22(18,19)11-15/h12-14H,4-11H2,1-3H3/t13-,14?/m0/s1. The van der Waals surface area contributed by atoms with Gasteiger partial charge < -0.3 is 0 Å². The maximum Gasteiger partial charge on any atom is 0.217 e. The molecule has 0 N–H and O–H groups in total. The number of rotatable bonds is 6. The highest BCUT2D eigenvalue weighted by molar-refractivity contribution is 7.90. The van der Waals surface area contributed by atoms with Gasteiger partial charge in [-0.1, -0.05) is 20.8 Å². The fraction of sp³-hybridized carbons (Fsp3) is 1.00. The predicted octanol–water partition coefficient (Wildman–Crippen LogP) is 1.11. The molecule has 0 amide bonds. The van der Waals surface area contributed by atoms with Crippen LogP contribution >= 0.6 is 0 Å². The maximum atomic E-state index is 12.6.